The molecule has 1 aromatic rings. The first-order valence-corrected chi connectivity index (χ1v) is 6.13. The zero-order valence-corrected chi connectivity index (χ0v) is 10.3. The lowest BCUT2D eigenvalue weighted by atomic mass is 10.1. The number of benzene rings is 1. The van der Waals surface area contributed by atoms with Crippen molar-refractivity contribution in [2.24, 2.45) is 5.92 Å². The Bertz CT molecular complexity index is 279. The monoisotopic (exact) mass is 223 g/mol. The largest absolute Gasteiger partial charge is 0.313 e. The molecule has 90 valence electrons. The van der Waals surface area contributed by atoms with Crippen LogP contribution in [0.1, 0.15) is 38.7 Å². The molecule has 1 aromatic carbocycles. The third-order valence-corrected chi connectivity index (χ3v) is 2.63. The molecule has 0 spiro atoms. The van der Waals surface area contributed by atoms with Crippen LogP contribution >= 0.6 is 0 Å². The summed E-state index contributed by atoms with van der Waals surface area (Å²) >= 11 is 0. The fourth-order valence-electron chi connectivity index (χ4n) is 1.64. The zero-order valence-electron chi connectivity index (χ0n) is 10.3. The average molecular weight is 223 g/mol. The van der Waals surface area contributed by atoms with Crippen LogP contribution in [-0.2, 0) is 6.54 Å². The van der Waals surface area contributed by atoms with E-state index in [1.54, 1.807) is 0 Å². The quantitative estimate of drug-likeness (QED) is 0.694. The molecular weight excluding hydrogens is 201 g/mol. The summed E-state index contributed by atoms with van der Waals surface area (Å²) in [7, 11) is 0. The van der Waals surface area contributed by atoms with Crippen molar-refractivity contribution in [1.82, 2.24) is 5.32 Å². The zero-order chi connectivity index (χ0) is 11.8. The summed E-state index contributed by atoms with van der Waals surface area (Å²) in [5.41, 5.74) is 1.14. The maximum Gasteiger partial charge on any atom is 0.123 e. The molecule has 0 saturated heterocycles. The Labute approximate surface area is 98.1 Å². The summed E-state index contributed by atoms with van der Waals surface area (Å²) in [5, 5.41) is 3.37. The van der Waals surface area contributed by atoms with Gasteiger partial charge in [-0.05, 0) is 36.6 Å². The second-order valence-corrected chi connectivity index (χ2v) is 4.69. The van der Waals surface area contributed by atoms with Gasteiger partial charge in [0.2, 0.25) is 0 Å². The molecule has 1 nitrogen and oxygen atoms in total. The van der Waals surface area contributed by atoms with Crippen molar-refractivity contribution in [3.05, 3.63) is 35.6 Å². The van der Waals surface area contributed by atoms with Gasteiger partial charge in [0.15, 0.2) is 0 Å². The van der Waals surface area contributed by atoms with Crippen LogP contribution in [0.15, 0.2) is 24.3 Å². The molecule has 0 atom stereocenters. The number of nitrogens with one attached hydrogen (secondary N) is 1. The third kappa shape index (κ3) is 5.86. The molecular formula is C14H22FN. The number of hydrogen-bond donors (Lipinski definition) is 1. The summed E-state index contributed by atoms with van der Waals surface area (Å²) in [6.45, 7) is 6.39. The van der Waals surface area contributed by atoms with Crippen LogP contribution in [0, 0.1) is 11.7 Å². The molecule has 0 amide bonds. The van der Waals surface area contributed by atoms with Crippen molar-refractivity contribution in [2.75, 3.05) is 6.54 Å². The van der Waals surface area contributed by atoms with E-state index in [2.05, 4.69) is 19.2 Å². The van der Waals surface area contributed by atoms with Gasteiger partial charge in [0.05, 0.1) is 0 Å². The van der Waals surface area contributed by atoms with Gasteiger partial charge in [0.1, 0.15) is 5.82 Å². The molecule has 0 bridgehead atoms. The molecule has 1 N–H and O–H groups in total. The maximum atomic E-state index is 12.6. The van der Waals surface area contributed by atoms with Gasteiger partial charge >= 0.3 is 0 Å². The van der Waals surface area contributed by atoms with E-state index in [9.17, 15) is 4.39 Å². The Morgan fingerprint density at radius 3 is 2.44 bits per heavy atom. The predicted octanol–water partition coefficient (Wildman–Crippen LogP) is 3.74. The highest BCUT2D eigenvalue weighted by Crippen LogP contribution is 2.06. The molecule has 0 aromatic heterocycles. The van der Waals surface area contributed by atoms with E-state index in [-0.39, 0.29) is 5.82 Å². The normalized spacial score (nSPS) is 11.0. The van der Waals surface area contributed by atoms with E-state index in [1.807, 2.05) is 12.1 Å². The lowest BCUT2D eigenvalue weighted by Gasteiger charge is -2.06. The fraction of sp³-hybridized carbons (Fsp3) is 0.571. The Morgan fingerprint density at radius 1 is 1.12 bits per heavy atom. The van der Waals surface area contributed by atoms with E-state index in [4.69, 9.17) is 0 Å². The minimum atomic E-state index is -0.166. The third-order valence-electron chi connectivity index (χ3n) is 2.63. The molecule has 0 aliphatic heterocycles. The van der Waals surface area contributed by atoms with Crippen molar-refractivity contribution in [3.8, 4) is 0 Å². The summed E-state index contributed by atoms with van der Waals surface area (Å²) in [4.78, 5) is 0. The Hall–Kier alpha value is -0.890. The molecule has 0 aliphatic carbocycles. The van der Waals surface area contributed by atoms with E-state index >= 15 is 0 Å². The number of rotatable bonds is 7. The predicted molar refractivity (Wildman–Crippen MR) is 66.8 cm³/mol. The standard InChI is InChI=1S/C14H22FN/c1-12(2)5-3-4-10-16-11-13-6-8-14(15)9-7-13/h6-9,12,16H,3-5,10-11H2,1-2H3. The van der Waals surface area contributed by atoms with E-state index < -0.39 is 0 Å². The van der Waals surface area contributed by atoms with Crippen LogP contribution in [0.4, 0.5) is 4.39 Å². The first-order chi connectivity index (χ1) is 7.68. The van der Waals surface area contributed by atoms with Crippen molar-refractivity contribution in [1.29, 1.82) is 0 Å². The van der Waals surface area contributed by atoms with Crippen molar-refractivity contribution in [2.45, 2.75) is 39.7 Å². The van der Waals surface area contributed by atoms with Gasteiger partial charge in [0, 0.05) is 6.54 Å². The molecule has 16 heavy (non-hydrogen) atoms. The van der Waals surface area contributed by atoms with Gasteiger partial charge in [-0.2, -0.15) is 0 Å². The molecule has 0 unspecified atom stereocenters. The van der Waals surface area contributed by atoms with Gasteiger partial charge in [0.25, 0.3) is 0 Å². The van der Waals surface area contributed by atoms with Gasteiger partial charge in [-0.3, -0.25) is 0 Å². The lowest BCUT2D eigenvalue weighted by molar-refractivity contribution is 0.520. The average Bonchev–Trinajstić information content (AvgIpc) is 2.25. The lowest BCUT2D eigenvalue weighted by Crippen LogP contribution is -2.14. The Balaban J connectivity index is 2.05. The number of unbranched alkanes of at least 4 members (excludes halogenated alkanes) is 1. The van der Waals surface area contributed by atoms with Crippen LogP contribution in [0.3, 0.4) is 0 Å². The van der Waals surface area contributed by atoms with E-state index in [0.717, 1.165) is 24.6 Å². The summed E-state index contributed by atoms with van der Waals surface area (Å²) in [6, 6.07) is 6.68. The van der Waals surface area contributed by atoms with Crippen molar-refractivity contribution in [3.63, 3.8) is 0 Å². The Morgan fingerprint density at radius 2 is 1.81 bits per heavy atom. The smallest absolute Gasteiger partial charge is 0.123 e. The highest BCUT2D eigenvalue weighted by atomic mass is 19.1. The van der Waals surface area contributed by atoms with E-state index in [1.165, 1.54) is 31.4 Å². The molecule has 0 fully saturated rings. The van der Waals surface area contributed by atoms with Crippen LogP contribution in [0.25, 0.3) is 0 Å². The summed E-state index contributed by atoms with van der Waals surface area (Å²) in [5.74, 6) is 0.637. The first-order valence-electron chi connectivity index (χ1n) is 6.13. The van der Waals surface area contributed by atoms with Gasteiger partial charge < -0.3 is 5.32 Å². The van der Waals surface area contributed by atoms with Crippen molar-refractivity contribution >= 4 is 0 Å². The SMILES string of the molecule is CC(C)CCCCNCc1ccc(F)cc1. The molecule has 1 rings (SSSR count). The fourth-order valence-corrected chi connectivity index (χ4v) is 1.64. The second-order valence-electron chi connectivity index (χ2n) is 4.69. The molecule has 0 heterocycles. The van der Waals surface area contributed by atoms with Gasteiger partial charge in [-0.1, -0.05) is 38.8 Å². The van der Waals surface area contributed by atoms with Crippen LogP contribution < -0.4 is 5.32 Å². The maximum absolute atomic E-state index is 12.6. The second kappa shape index (κ2) is 7.39. The molecule has 0 saturated carbocycles. The molecule has 2 heteroatoms. The van der Waals surface area contributed by atoms with Crippen LogP contribution in [0.2, 0.25) is 0 Å². The van der Waals surface area contributed by atoms with Gasteiger partial charge in [-0.25, -0.2) is 4.39 Å². The summed E-state index contributed by atoms with van der Waals surface area (Å²) in [6.07, 6.45) is 3.81. The van der Waals surface area contributed by atoms with Crippen LogP contribution in [0.5, 0.6) is 0 Å². The number of hydrogen-bond acceptors (Lipinski definition) is 1. The first kappa shape index (κ1) is 13.2. The highest BCUT2D eigenvalue weighted by molar-refractivity contribution is 5.15. The number of halogens is 1. The topological polar surface area (TPSA) is 12.0 Å². The molecule has 0 radical (unpaired) electrons. The highest BCUT2D eigenvalue weighted by Gasteiger charge is 1.95. The Kier molecular flexibility index (Phi) is 6.09. The van der Waals surface area contributed by atoms with E-state index in [0.29, 0.717) is 0 Å². The summed E-state index contributed by atoms with van der Waals surface area (Å²) < 4.78 is 12.6. The minimum Gasteiger partial charge on any atom is -0.313 e. The minimum absolute atomic E-state index is 0.166. The van der Waals surface area contributed by atoms with Gasteiger partial charge in [-0.15, -0.1) is 0 Å². The van der Waals surface area contributed by atoms with Crippen LogP contribution in [-0.4, -0.2) is 6.54 Å². The molecule has 0 aliphatic rings. The van der Waals surface area contributed by atoms with Crippen molar-refractivity contribution < 1.29 is 4.39 Å².